The third-order valence-corrected chi connectivity index (χ3v) is 4.66. The summed E-state index contributed by atoms with van der Waals surface area (Å²) in [5.41, 5.74) is 0. The molecular weight excluding hydrogens is 332 g/mol. The molecule has 2 rings (SSSR count). The molecule has 134 valence electrons. The minimum absolute atomic E-state index is 0.0422. The molecule has 1 amide bonds. The first kappa shape index (κ1) is 18.5. The number of likely N-dealkylation sites (tertiary alicyclic amines) is 1. The topological polar surface area (TPSA) is 84.9 Å². The van der Waals surface area contributed by atoms with E-state index in [4.69, 9.17) is 9.47 Å². The van der Waals surface area contributed by atoms with Gasteiger partial charge in [-0.3, -0.25) is 4.79 Å². The van der Waals surface area contributed by atoms with E-state index in [0.29, 0.717) is 25.9 Å². The summed E-state index contributed by atoms with van der Waals surface area (Å²) in [6, 6.07) is 6.64. The van der Waals surface area contributed by atoms with Gasteiger partial charge in [-0.1, -0.05) is 0 Å². The summed E-state index contributed by atoms with van der Waals surface area (Å²) in [6.07, 6.45) is 2.51. The Kier molecular flexibility index (Phi) is 6.06. The second-order valence-corrected chi connectivity index (χ2v) is 7.71. The number of hydrogen-bond acceptors (Lipinski definition) is 5. The van der Waals surface area contributed by atoms with Crippen LogP contribution in [0.5, 0.6) is 11.5 Å². The van der Waals surface area contributed by atoms with Crippen molar-refractivity contribution in [2.45, 2.75) is 31.9 Å². The molecule has 0 aromatic heterocycles. The molecule has 0 unspecified atom stereocenters. The largest absolute Gasteiger partial charge is 0.497 e. The minimum Gasteiger partial charge on any atom is -0.497 e. The predicted octanol–water partition coefficient (Wildman–Crippen LogP) is 1.00. The van der Waals surface area contributed by atoms with Crippen LogP contribution in [0.2, 0.25) is 0 Å². The van der Waals surface area contributed by atoms with E-state index in [9.17, 15) is 13.2 Å². The molecule has 8 heteroatoms. The molecule has 1 aliphatic heterocycles. The van der Waals surface area contributed by atoms with Crippen LogP contribution < -0.4 is 14.2 Å². The second kappa shape index (κ2) is 7.85. The summed E-state index contributed by atoms with van der Waals surface area (Å²) in [5, 5.41) is 0. The van der Waals surface area contributed by atoms with Gasteiger partial charge in [0.05, 0.1) is 19.4 Å². The van der Waals surface area contributed by atoms with E-state index in [-0.39, 0.29) is 12.0 Å². The zero-order chi connectivity index (χ0) is 17.7. The van der Waals surface area contributed by atoms with E-state index in [1.807, 2.05) is 24.3 Å². The first-order chi connectivity index (χ1) is 11.3. The third-order valence-electron chi connectivity index (χ3n) is 3.88. The number of methoxy groups -OCH3 is 1. The van der Waals surface area contributed by atoms with Crippen LogP contribution in [0.15, 0.2) is 24.3 Å². The highest BCUT2D eigenvalue weighted by Gasteiger charge is 2.28. The molecule has 1 N–H and O–H groups in total. The lowest BCUT2D eigenvalue weighted by Crippen LogP contribution is -2.50. The number of carbonyl (C=O) groups excluding carboxylic acids is 1. The summed E-state index contributed by atoms with van der Waals surface area (Å²) in [6.45, 7) is 2.66. The lowest BCUT2D eigenvalue weighted by molar-refractivity contribution is -0.134. The van der Waals surface area contributed by atoms with Crippen molar-refractivity contribution in [3.8, 4) is 11.5 Å². The fourth-order valence-corrected chi connectivity index (χ4v) is 3.43. The van der Waals surface area contributed by atoms with E-state index in [1.54, 1.807) is 18.9 Å². The van der Waals surface area contributed by atoms with E-state index in [0.717, 1.165) is 17.8 Å². The van der Waals surface area contributed by atoms with Crippen molar-refractivity contribution < 1.29 is 22.7 Å². The SMILES string of the molecule is COc1ccc(OC2CCN(C(=O)[C@@H](C)NS(C)(=O)=O)CC2)cc1. The van der Waals surface area contributed by atoms with E-state index in [1.165, 1.54) is 0 Å². The Labute approximate surface area is 143 Å². The zero-order valence-electron chi connectivity index (χ0n) is 14.2. The van der Waals surface area contributed by atoms with Gasteiger partial charge >= 0.3 is 0 Å². The lowest BCUT2D eigenvalue weighted by Gasteiger charge is -2.33. The number of sulfonamides is 1. The summed E-state index contributed by atoms with van der Waals surface area (Å²) < 4.78 is 35.8. The van der Waals surface area contributed by atoms with Crippen LogP contribution in [-0.4, -0.2) is 57.8 Å². The first-order valence-corrected chi connectivity index (χ1v) is 9.74. The monoisotopic (exact) mass is 356 g/mol. The standard InChI is InChI=1S/C16H24N2O5S/c1-12(17-24(3,20)21)16(19)18-10-8-15(9-11-18)23-14-6-4-13(22-2)5-7-14/h4-7,12,15,17H,8-11H2,1-3H3/t12-/m1/s1. The maximum Gasteiger partial charge on any atom is 0.240 e. The zero-order valence-corrected chi connectivity index (χ0v) is 15.0. The van der Waals surface area contributed by atoms with Gasteiger partial charge in [-0.05, 0) is 31.2 Å². The number of ether oxygens (including phenoxy) is 2. The molecule has 1 aromatic carbocycles. The average Bonchev–Trinajstić information content (AvgIpc) is 2.54. The molecule has 24 heavy (non-hydrogen) atoms. The Balaban J connectivity index is 1.83. The first-order valence-electron chi connectivity index (χ1n) is 7.85. The number of nitrogens with one attached hydrogen (secondary N) is 1. The number of hydrogen-bond donors (Lipinski definition) is 1. The lowest BCUT2D eigenvalue weighted by atomic mass is 10.1. The molecule has 1 aliphatic rings. The van der Waals surface area contributed by atoms with Gasteiger partial charge < -0.3 is 14.4 Å². The van der Waals surface area contributed by atoms with Gasteiger partial charge in [0.1, 0.15) is 17.6 Å². The van der Waals surface area contributed by atoms with Gasteiger partial charge in [0.15, 0.2) is 0 Å². The highest BCUT2D eigenvalue weighted by atomic mass is 32.2. The van der Waals surface area contributed by atoms with Gasteiger partial charge in [0, 0.05) is 25.9 Å². The molecule has 0 aliphatic carbocycles. The molecule has 0 bridgehead atoms. The molecule has 1 aromatic rings. The van der Waals surface area contributed by atoms with Crippen LogP contribution in [0.25, 0.3) is 0 Å². The molecule has 1 saturated heterocycles. The molecule has 0 spiro atoms. The van der Waals surface area contributed by atoms with Crippen LogP contribution in [-0.2, 0) is 14.8 Å². The van der Waals surface area contributed by atoms with Crippen LogP contribution in [0.1, 0.15) is 19.8 Å². The van der Waals surface area contributed by atoms with Gasteiger partial charge in [0.25, 0.3) is 0 Å². The summed E-state index contributed by atoms with van der Waals surface area (Å²) in [7, 11) is -1.78. The summed E-state index contributed by atoms with van der Waals surface area (Å²) in [4.78, 5) is 13.9. The maximum atomic E-state index is 12.3. The van der Waals surface area contributed by atoms with Gasteiger partial charge in [-0.2, -0.15) is 0 Å². The molecule has 0 saturated carbocycles. The number of nitrogens with zero attached hydrogens (tertiary/aromatic N) is 1. The summed E-state index contributed by atoms with van der Waals surface area (Å²) in [5.74, 6) is 1.34. The van der Waals surface area contributed by atoms with E-state index in [2.05, 4.69) is 4.72 Å². The molecule has 7 nitrogen and oxygen atoms in total. The number of carbonyl (C=O) groups is 1. The van der Waals surface area contributed by atoms with Crippen LogP contribution in [0.4, 0.5) is 0 Å². The van der Waals surface area contributed by atoms with Crippen molar-refractivity contribution in [3.63, 3.8) is 0 Å². The molecule has 1 fully saturated rings. The van der Waals surface area contributed by atoms with Crippen molar-refractivity contribution in [2.75, 3.05) is 26.5 Å². The van der Waals surface area contributed by atoms with Gasteiger partial charge in [-0.15, -0.1) is 0 Å². The van der Waals surface area contributed by atoms with Crippen molar-refractivity contribution in [2.24, 2.45) is 0 Å². The molecule has 1 heterocycles. The third kappa shape index (κ3) is 5.38. The Morgan fingerprint density at radius 2 is 1.75 bits per heavy atom. The van der Waals surface area contributed by atoms with E-state index >= 15 is 0 Å². The second-order valence-electron chi connectivity index (χ2n) is 5.93. The fourth-order valence-electron chi connectivity index (χ4n) is 2.69. The minimum atomic E-state index is -3.40. The highest BCUT2D eigenvalue weighted by Crippen LogP contribution is 2.22. The molecule has 1 atom stereocenters. The number of rotatable bonds is 6. The number of benzene rings is 1. The van der Waals surface area contributed by atoms with Crippen molar-refractivity contribution >= 4 is 15.9 Å². The van der Waals surface area contributed by atoms with Crippen molar-refractivity contribution in [1.82, 2.24) is 9.62 Å². The highest BCUT2D eigenvalue weighted by molar-refractivity contribution is 7.88. The van der Waals surface area contributed by atoms with Crippen LogP contribution in [0.3, 0.4) is 0 Å². The van der Waals surface area contributed by atoms with Crippen molar-refractivity contribution in [3.05, 3.63) is 24.3 Å². The van der Waals surface area contributed by atoms with Crippen LogP contribution >= 0.6 is 0 Å². The van der Waals surface area contributed by atoms with Crippen LogP contribution in [0, 0.1) is 0 Å². The maximum absolute atomic E-state index is 12.3. The predicted molar refractivity (Wildman–Crippen MR) is 90.7 cm³/mol. The Hall–Kier alpha value is -1.80. The smallest absolute Gasteiger partial charge is 0.240 e. The average molecular weight is 356 g/mol. The van der Waals surface area contributed by atoms with Gasteiger partial charge in [0.2, 0.25) is 15.9 Å². The Morgan fingerprint density at radius 3 is 2.25 bits per heavy atom. The van der Waals surface area contributed by atoms with E-state index < -0.39 is 16.1 Å². The summed E-state index contributed by atoms with van der Waals surface area (Å²) >= 11 is 0. The van der Waals surface area contributed by atoms with Gasteiger partial charge in [-0.25, -0.2) is 13.1 Å². The Morgan fingerprint density at radius 1 is 1.21 bits per heavy atom. The fraction of sp³-hybridized carbons (Fsp3) is 0.562. The number of piperidine rings is 1. The van der Waals surface area contributed by atoms with Crippen molar-refractivity contribution in [1.29, 1.82) is 0 Å². The number of amides is 1. The Bertz CT molecular complexity index is 652. The quantitative estimate of drug-likeness (QED) is 0.822. The molecule has 0 radical (unpaired) electrons. The normalized spacial score (nSPS) is 17.4. The molecular formula is C16H24N2O5S.